The second kappa shape index (κ2) is 12.5. The molecule has 1 saturated heterocycles. The fraction of sp³-hybridized carbons (Fsp3) is 0.833. The third kappa shape index (κ3) is 9.86. The highest BCUT2D eigenvalue weighted by Crippen LogP contribution is 2.16. The predicted molar refractivity (Wildman–Crippen MR) is 102 cm³/mol. The first kappa shape index (κ1) is 24.1. The van der Waals surface area contributed by atoms with Crippen LogP contribution in [0.1, 0.15) is 53.4 Å². The van der Waals surface area contributed by atoms with Crippen LogP contribution in [-0.2, 0) is 24.0 Å². The first-order valence-electron chi connectivity index (χ1n) is 9.73. The van der Waals surface area contributed by atoms with Gasteiger partial charge in [-0.15, -0.1) is 0 Å². The number of unbranched alkanes of at least 4 members (excludes halogenated alkanes) is 1. The molecule has 0 saturated carbocycles. The van der Waals surface area contributed by atoms with Crippen molar-refractivity contribution in [1.29, 1.82) is 0 Å². The number of nitrogens with one attached hydrogen (secondary N) is 3. The van der Waals surface area contributed by atoms with Gasteiger partial charge in [-0.2, -0.15) is 5.48 Å². The molecule has 0 unspecified atom stereocenters. The molecule has 0 spiro atoms. The Morgan fingerprint density at radius 1 is 1.18 bits per heavy atom. The highest BCUT2D eigenvalue weighted by atomic mass is 16.7. The number of piperidine rings is 1. The lowest BCUT2D eigenvalue weighted by Gasteiger charge is -2.36. The van der Waals surface area contributed by atoms with E-state index in [-0.39, 0.29) is 19.2 Å². The Kier molecular flexibility index (Phi) is 10.8. The number of carbonyl (C=O) groups excluding carboxylic acids is 3. The molecular formula is C18H34N4O6. The molecular weight excluding hydrogens is 368 g/mol. The van der Waals surface area contributed by atoms with E-state index < -0.39 is 23.6 Å². The summed E-state index contributed by atoms with van der Waals surface area (Å²) in [6, 6.07) is -0.602. The molecule has 162 valence electrons. The van der Waals surface area contributed by atoms with Crippen molar-refractivity contribution < 1.29 is 28.8 Å². The van der Waals surface area contributed by atoms with Crippen LogP contribution >= 0.6 is 0 Å². The number of carbonyl (C=O) groups is 3. The van der Waals surface area contributed by atoms with Crippen molar-refractivity contribution in [3.8, 4) is 0 Å². The molecule has 0 aromatic carbocycles. The fourth-order valence-corrected chi connectivity index (χ4v) is 2.59. The number of amides is 3. The zero-order valence-corrected chi connectivity index (χ0v) is 17.3. The van der Waals surface area contributed by atoms with Crippen LogP contribution in [0.5, 0.6) is 0 Å². The Balaban J connectivity index is 2.25. The molecule has 1 aliphatic rings. The normalized spacial score (nSPS) is 19.8. The summed E-state index contributed by atoms with van der Waals surface area (Å²) in [6.45, 7) is 8.64. The monoisotopic (exact) mass is 402 g/mol. The number of likely N-dealkylation sites (tertiary alicyclic amines) is 1. The summed E-state index contributed by atoms with van der Waals surface area (Å²) in [5.41, 5.74) is 4.70. The van der Waals surface area contributed by atoms with E-state index in [0.29, 0.717) is 32.4 Å². The maximum atomic E-state index is 12.3. The maximum Gasteiger partial charge on any atom is 0.407 e. The van der Waals surface area contributed by atoms with Gasteiger partial charge in [0.05, 0.1) is 13.2 Å². The minimum Gasteiger partial charge on any atom is -0.444 e. The van der Waals surface area contributed by atoms with Crippen LogP contribution in [0, 0.1) is 0 Å². The van der Waals surface area contributed by atoms with Crippen molar-refractivity contribution in [1.82, 2.24) is 21.2 Å². The van der Waals surface area contributed by atoms with E-state index >= 15 is 0 Å². The van der Waals surface area contributed by atoms with E-state index in [1.807, 2.05) is 0 Å². The Hall–Kier alpha value is -1.91. The standard InChI is InChI=1S/C18H34N4O6/c1-5-6-10-26-20-14-7-8-15(22(12-14)13-23)16(24)21-27-11-9-19-17(25)28-18(2,3)4/h13-15,20H,5-12H2,1-4H3,(H,19,25)(H,21,24)/t14-,15+/m1/s1. The lowest BCUT2D eigenvalue weighted by atomic mass is 9.99. The quantitative estimate of drug-likeness (QED) is 0.267. The van der Waals surface area contributed by atoms with Crippen molar-refractivity contribution >= 4 is 18.4 Å². The molecule has 1 heterocycles. The van der Waals surface area contributed by atoms with Crippen LogP contribution in [0.4, 0.5) is 4.79 Å². The molecule has 10 nitrogen and oxygen atoms in total. The molecule has 3 N–H and O–H groups in total. The summed E-state index contributed by atoms with van der Waals surface area (Å²) >= 11 is 0. The molecule has 10 heteroatoms. The van der Waals surface area contributed by atoms with Crippen LogP contribution < -0.4 is 16.3 Å². The van der Waals surface area contributed by atoms with Crippen LogP contribution in [0.15, 0.2) is 0 Å². The van der Waals surface area contributed by atoms with Crippen LogP contribution in [-0.4, -0.2) is 67.3 Å². The SMILES string of the molecule is CCCCON[C@@H]1CC[C@@H](C(=O)NOCCNC(=O)OC(C)(C)C)N(C=O)C1. The summed E-state index contributed by atoms with van der Waals surface area (Å²) in [6.07, 6.45) is 3.31. The Morgan fingerprint density at radius 2 is 1.93 bits per heavy atom. The van der Waals surface area contributed by atoms with Gasteiger partial charge in [-0.25, -0.2) is 10.3 Å². The summed E-state index contributed by atoms with van der Waals surface area (Å²) in [4.78, 5) is 47.0. The lowest BCUT2D eigenvalue weighted by molar-refractivity contribution is -0.145. The Morgan fingerprint density at radius 3 is 2.57 bits per heavy atom. The Labute approximate surface area is 166 Å². The summed E-state index contributed by atoms with van der Waals surface area (Å²) in [5.74, 6) is -0.394. The maximum absolute atomic E-state index is 12.3. The van der Waals surface area contributed by atoms with E-state index in [1.54, 1.807) is 20.8 Å². The number of hydroxylamine groups is 2. The van der Waals surface area contributed by atoms with Gasteiger partial charge in [-0.05, 0) is 40.0 Å². The van der Waals surface area contributed by atoms with Gasteiger partial charge < -0.3 is 19.8 Å². The van der Waals surface area contributed by atoms with Crippen molar-refractivity contribution in [2.45, 2.75) is 71.1 Å². The van der Waals surface area contributed by atoms with Crippen LogP contribution in [0.25, 0.3) is 0 Å². The average molecular weight is 402 g/mol. The van der Waals surface area contributed by atoms with E-state index in [4.69, 9.17) is 14.4 Å². The first-order valence-corrected chi connectivity index (χ1v) is 9.73. The second-order valence-electron chi connectivity index (χ2n) is 7.66. The van der Waals surface area contributed by atoms with Crippen molar-refractivity contribution in [2.24, 2.45) is 0 Å². The zero-order chi connectivity index (χ0) is 21.0. The molecule has 1 fully saturated rings. The largest absolute Gasteiger partial charge is 0.444 e. The molecule has 3 amide bonds. The second-order valence-corrected chi connectivity index (χ2v) is 7.66. The van der Waals surface area contributed by atoms with Crippen molar-refractivity contribution in [2.75, 3.05) is 26.3 Å². The molecule has 0 aromatic heterocycles. The summed E-state index contributed by atoms with van der Waals surface area (Å²) in [7, 11) is 0. The van der Waals surface area contributed by atoms with Gasteiger partial charge >= 0.3 is 6.09 Å². The van der Waals surface area contributed by atoms with Gasteiger partial charge in [0.1, 0.15) is 11.6 Å². The van der Waals surface area contributed by atoms with E-state index in [1.165, 1.54) is 4.90 Å². The fourth-order valence-electron chi connectivity index (χ4n) is 2.59. The highest BCUT2D eigenvalue weighted by molar-refractivity contribution is 5.82. The smallest absolute Gasteiger partial charge is 0.407 e. The molecule has 0 aromatic rings. The molecule has 0 bridgehead atoms. The number of rotatable bonds is 11. The van der Waals surface area contributed by atoms with Gasteiger partial charge in [-0.3, -0.25) is 14.4 Å². The summed E-state index contributed by atoms with van der Waals surface area (Å²) in [5, 5.41) is 2.52. The minimum atomic E-state index is -0.593. The molecule has 28 heavy (non-hydrogen) atoms. The average Bonchev–Trinajstić information content (AvgIpc) is 2.63. The summed E-state index contributed by atoms with van der Waals surface area (Å²) < 4.78 is 5.09. The van der Waals surface area contributed by atoms with E-state index in [2.05, 4.69) is 23.2 Å². The zero-order valence-electron chi connectivity index (χ0n) is 17.3. The number of ether oxygens (including phenoxy) is 1. The third-order valence-electron chi connectivity index (χ3n) is 3.95. The molecule has 0 aliphatic carbocycles. The van der Waals surface area contributed by atoms with Gasteiger partial charge in [0.15, 0.2) is 0 Å². The van der Waals surface area contributed by atoms with Crippen molar-refractivity contribution in [3.05, 3.63) is 0 Å². The molecule has 1 aliphatic heterocycles. The van der Waals surface area contributed by atoms with Gasteiger partial charge in [0, 0.05) is 19.1 Å². The number of nitrogens with zero attached hydrogens (tertiary/aromatic N) is 1. The van der Waals surface area contributed by atoms with E-state index in [0.717, 1.165) is 12.8 Å². The highest BCUT2D eigenvalue weighted by Gasteiger charge is 2.32. The van der Waals surface area contributed by atoms with E-state index in [9.17, 15) is 14.4 Å². The Bertz CT molecular complexity index is 497. The lowest BCUT2D eigenvalue weighted by Crippen LogP contribution is -2.55. The third-order valence-corrected chi connectivity index (χ3v) is 3.95. The first-order chi connectivity index (χ1) is 13.3. The molecule has 2 atom stereocenters. The predicted octanol–water partition coefficient (Wildman–Crippen LogP) is 0.870. The number of hydrogen-bond acceptors (Lipinski definition) is 7. The molecule has 0 radical (unpaired) electrons. The van der Waals surface area contributed by atoms with Gasteiger partial charge in [-0.1, -0.05) is 13.3 Å². The van der Waals surface area contributed by atoms with Crippen LogP contribution in [0.3, 0.4) is 0 Å². The molecule has 1 rings (SSSR count). The van der Waals surface area contributed by atoms with Gasteiger partial charge in [0.25, 0.3) is 5.91 Å². The van der Waals surface area contributed by atoms with Crippen LogP contribution in [0.2, 0.25) is 0 Å². The minimum absolute atomic E-state index is 0.00921. The van der Waals surface area contributed by atoms with Gasteiger partial charge in [0.2, 0.25) is 6.41 Å². The topological polar surface area (TPSA) is 118 Å². The van der Waals surface area contributed by atoms with Crippen molar-refractivity contribution in [3.63, 3.8) is 0 Å². The number of hydrogen-bond donors (Lipinski definition) is 3. The number of alkyl carbamates (subject to hydrolysis) is 1.